The molecule has 242 valence electrons. The van der Waals surface area contributed by atoms with Gasteiger partial charge in [0.2, 0.25) is 0 Å². The summed E-state index contributed by atoms with van der Waals surface area (Å²) < 4.78 is 60.7. The van der Waals surface area contributed by atoms with Gasteiger partial charge in [0.1, 0.15) is 17.9 Å². The first kappa shape index (κ1) is 33.1. The number of alkyl halides is 3. The van der Waals surface area contributed by atoms with E-state index in [1.807, 2.05) is 0 Å². The fraction of sp³-hybridized carbons (Fsp3) is 0.676. The van der Waals surface area contributed by atoms with Gasteiger partial charge in [-0.05, 0) is 54.9 Å². The lowest BCUT2D eigenvalue weighted by atomic mass is 9.68. The van der Waals surface area contributed by atoms with Crippen LogP contribution >= 0.6 is 0 Å². The molecule has 0 amide bonds. The van der Waals surface area contributed by atoms with Gasteiger partial charge < -0.3 is 13.9 Å². The highest BCUT2D eigenvalue weighted by Gasteiger charge is 2.56. The van der Waals surface area contributed by atoms with Gasteiger partial charge in [-0.3, -0.25) is 14.8 Å². The number of pyridine rings is 2. The van der Waals surface area contributed by atoms with Crippen LogP contribution in [0, 0.1) is 5.41 Å². The fourth-order valence-electron chi connectivity index (χ4n) is 7.07. The van der Waals surface area contributed by atoms with Gasteiger partial charge in [0.25, 0.3) is 0 Å². The molecule has 0 aromatic carbocycles. The summed E-state index contributed by atoms with van der Waals surface area (Å²) in [7, 11) is -2.29. The van der Waals surface area contributed by atoms with E-state index < -0.39 is 43.4 Å². The lowest BCUT2D eigenvalue weighted by Gasteiger charge is -2.48. The molecular formula is C34H47F3N2O4Si. The number of carbonyl (C=O) groups excluding carboxylic acids is 1. The molecule has 5 rings (SSSR count). The van der Waals surface area contributed by atoms with Gasteiger partial charge in [0.05, 0.1) is 17.4 Å². The summed E-state index contributed by atoms with van der Waals surface area (Å²) in [5.74, 6) is -0.395. The molecule has 3 heterocycles. The van der Waals surface area contributed by atoms with Gasteiger partial charge in [0, 0.05) is 40.9 Å². The molecule has 0 N–H and O–H groups in total. The van der Waals surface area contributed by atoms with Crippen LogP contribution in [0.5, 0.6) is 0 Å². The first-order valence-corrected chi connectivity index (χ1v) is 18.7. The highest BCUT2D eigenvalue weighted by Crippen LogP contribution is 2.62. The quantitative estimate of drug-likeness (QED) is 0.242. The maximum atomic E-state index is 13.4. The SMILES string of the molecule is CC(=O)O[C@H]1c2nc(C(C)C)c3c(c2[C@@H](O[Si](C)(C)C(C)(C)C)CC1(C)C)C1(CCCC1)O[C@@H]3c1ccc(C(F)(F)F)nc1. The van der Waals surface area contributed by atoms with Gasteiger partial charge in [-0.1, -0.05) is 67.4 Å². The first-order valence-electron chi connectivity index (χ1n) is 15.8. The van der Waals surface area contributed by atoms with Crippen LogP contribution in [0.1, 0.15) is 151 Å². The zero-order chi connectivity index (χ0) is 32.6. The predicted octanol–water partition coefficient (Wildman–Crippen LogP) is 9.60. The van der Waals surface area contributed by atoms with E-state index in [9.17, 15) is 18.0 Å². The van der Waals surface area contributed by atoms with Crippen molar-refractivity contribution in [3.05, 3.63) is 57.7 Å². The zero-order valence-electron chi connectivity index (χ0n) is 27.7. The largest absolute Gasteiger partial charge is 0.455 e. The minimum absolute atomic E-state index is 0.0260. The minimum atomic E-state index is -4.53. The smallest absolute Gasteiger partial charge is 0.433 e. The Balaban J connectivity index is 1.82. The molecule has 0 radical (unpaired) electrons. The van der Waals surface area contributed by atoms with E-state index >= 15 is 0 Å². The molecule has 2 aromatic heterocycles. The predicted molar refractivity (Wildman–Crippen MR) is 165 cm³/mol. The van der Waals surface area contributed by atoms with Crippen LogP contribution in [-0.4, -0.2) is 24.3 Å². The number of carbonyl (C=O) groups is 1. The minimum Gasteiger partial charge on any atom is -0.455 e. The molecule has 0 bridgehead atoms. The highest BCUT2D eigenvalue weighted by molar-refractivity contribution is 6.74. The molecule has 0 saturated heterocycles. The lowest BCUT2D eigenvalue weighted by molar-refractivity contribution is -0.156. The zero-order valence-corrected chi connectivity index (χ0v) is 28.7. The van der Waals surface area contributed by atoms with Crippen LogP contribution in [0.2, 0.25) is 18.1 Å². The molecule has 0 unspecified atom stereocenters. The van der Waals surface area contributed by atoms with E-state index in [1.165, 1.54) is 19.2 Å². The summed E-state index contributed by atoms with van der Waals surface area (Å²) in [6.45, 7) is 20.9. The maximum Gasteiger partial charge on any atom is 0.433 e. The Morgan fingerprint density at radius 3 is 2.23 bits per heavy atom. The second kappa shape index (κ2) is 10.9. The van der Waals surface area contributed by atoms with E-state index in [0.717, 1.165) is 59.8 Å². The second-order valence-corrected chi connectivity index (χ2v) is 20.2. The molecule has 1 saturated carbocycles. The van der Waals surface area contributed by atoms with Crippen LogP contribution in [0.3, 0.4) is 0 Å². The Labute approximate surface area is 260 Å². The average molecular weight is 633 g/mol. The fourth-order valence-corrected chi connectivity index (χ4v) is 8.33. The molecule has 44 heavy (non-hydrogen) atoms. The van der Waals surface area contributed by atoms with Gasteiger partial charge in [-0.15, -0.1) is 0 Å². The number of hydrogen-bond acceptors (Lipinski definition) is 6. The number of hydrogen-bond donors (Lipinski definition) is 0. The Morgan fingerprint density at radius 2 is 1.73 bits per heavy atom. The Hall–Kier alpha value is -2.30. The van der Waals surface area contributed by atoms with Crippen molar-refractivity contribution in [2.45, 2.75) is 142 Å². The lowest BCUT2D eigenvalue weighted by Crippen LogP contribution is -2.45. The maximum absolute atomic E-state index is 13.4. The molecular weight excluding hydrogens is 585 g/mol. The van der Waals surface area contributed by atoms with Crippen LogP contribution in [0.25, 0.3) is 0 Å². The van der Waals surface area contributed by atoms with Crippen molar-refractivity contribution >= 4 is 14.3 Å². The van der Waals surface area contributed by atoms with E-state index in [-0.39, 0.29) is 23.0 Å². The molecule has 2 aliphatic carbocycles. The number of halogens is 3. The van der Waals surface area contributed by atoms with Crippen LogP contribution in [0.4, 0.5) is 13.2 Å². The van der Waals surface area contributed by atoms with E-state index in [1.54, 1.807) is 0 Å². The number of nitrogens with zero attached hydrogens (tertiary/aromatic N) is 2. The van der Waals surface area contributed by atoms with Gasteiger partial charge in [-0.25, -0.2) is 0 Å². The summed E-state index contributed by atoms with van der Waals surface area (Å²) in [6.07, 6.45) is -0.607. The first-order chi connectivity index (χ1) is 20.2. The summed E-state index contributed by atoms with van der Waals surface area (Å²) in [5.41, 5.74) is 2.98. The molecule has 3 atom stereocenters. The van der Waals surface area contributed by atoms with Crippen molar-refractivity contribution in [3.63, 3.8) is 0 Å². The van der Waals surface area contributed by atoms with Gasteiger partial charge in [0.15, 0.2) is 8.32 Å². The van der Waals surface area contributed by atoms with Gasteiger partial charge >= 0.3 is 12.1 Å². The Kier molecular flexibility index (Phi) is 8.19. The topological polar surface area (TPSA) is 70.5 Å². The van der Waals surface area contributed by atoms with Crippen molar-refractivity contribution < 1.29 is 31.9 Å². The number of fused-ring (bicyclic) bond motifs is 4. The van der Waals surface area contributed by atoms with Crippen LogP contribution in [0.15, 0.2) is 18.3 Å². The number of aromatic nitrogens is 2. The van der Waals surface area contributed by atoms with Gasteiger partial charge in [-0.2, -0.15) is 13.2 Å². The molecule has 3 aliphatic rings. The Bertz CT molecular complexity index is 1420. The van der Waals surface area contributed by atoms with E-state index in [4.69, 9.17) is 18.9 Å². The second-order valence-electron chi connectivity index (χ2n) is 15.5. The summed E-state index contributed by atoms with van der Waals surface area (Å²) in [4.78, 5) is 21.6. The standard InChI is InChI=1S/C34H47F3N2O4Si/c1-19(2)27-25-26(33(15-11-12-16-33)42-29(25)21-13-14-23(38-18-21)34(35,36)37)24-22(43-44(9,10)31(4,5)6)17-32(7,8)30(28(24)39-27)41-20(3)40/h13-14,18-19,22,29-30H,11-12,15-17H2,1-10H3/t22-,29+,30-/m0/s1. The molecule has 1 aliphatic heterocycles. The average Bonchev–Trinajstić information content (AvgIpc) is 3.49. The van der Waals surface area contributed by atoms with Crippen LogP contribution < -0.4 is 0 Å². The molecule has 2 aromatic rings. The van der Waals surface area contributed by atoms with Crippen molar-refractivity contribution in [2.24, 2.45) is 5.41 Å². The molecule has 1 fully saturated rings. The van der Waals surface area contributed by atoms with Crippen molar-refractivity contribution in [3.8, 4) is 0 Å². The third kappa shape index (κ3) is 5.64. The number of rotatable bonds is 5. The number of esters is 1. The van der Waals surface area contributed by atoms with Crippen molar-refractivity contribution in [1.82, 2.24) is 9.97 Å². The van der Waals surface area contributed by atoms with Crippen molar-refractivity contribution in [1.29, 1.82) is 0 Å². The molecule has 1 spiro atoms. The Morgan fingerprint density at radius 1 is 1.09 bits per heavy atom. The third-order valence-corrected chi connectivity index (χ3v) is 14.7. The summed E-state index contributed by atoms with van der Waals surface area (Å²) in [5, 5.41) is -0.0471. The van der Waals surface area contributed by atoms with E-state index in [2.05, 4.69) is 66.5 Å². The number of ether oxygens (including phenoxy) is 2. The van der Waals surface area contributed by atoms with Crippen molar-refractivity contribution in [2.75, 3.05) is 0 Å². The summed E-state index contributed by atoms with van der Waals surface area (Å²) >= 11 is 0. The normalized spacial score (nSPS) is 24.5. The monoisotopic (exact) mass is 632 g/mol. The van der Waals surface area contributed by atoms with E-state index in [0.29, 0.717) is 12.0 Å². The summed E-state index contributed by atoms with van der Waals surface area (Å²) in [6, 6.07) is 2.51. The highest BCUT2D eigenvalue weighted by atomic mass is 28.4. The molecule has 10 heteroatoms. The van der Waals surface area contributed by atoms with Crippen LogP contribution in [-0.2, 0) is 30.5 Å². The third-order valence-electron chi connectivity index (χ3n) is 10.2. The molecule has 6 nitrogen and oxygen atoms in total.